The number of carbonyl (C=O) groups excluding carboxylic acids is 1. The molecule has 2 N–H and O–H groups in total. The number of amides is 1. The molecule has 0 atom stereocenters. The third-order valence-corrected chi connectivity index (χ3v) is 3.46. The smallest absolute Gasteiger partial charge is 0.410 e. The molecule has 1 aliphatic rings. The van der Waals surface area contributed by atoms with Crippen LogP contribution in [0.4, 0.5) is 18.0 Å². The van der Waals surface area contributed by atoms with Crippen LogP contribution in [0.5, 0.6) is 0 Å². The minimum absolute atomic E-state index is 0. The van der Waals surface area contributed by atoms with Crippen molar-refractivity contribution in [3.63, 3.8) is 0 Å². The summed E-state index contributed by atoms with van der Waals surface area (Å²) in [5.74, 6) is 0.282. The van der Waals surface area contributed by atoms with E-state index in [0.29, 0.717) is 26.2 Å². The van der Waals surface area contributed by atoms with Gasteiger partial charge in [0.1, 0.15) is 5.60 Å². The number of guanidine groups is 1. The van der Waals surface area contributed by atoms with Gasteiger partial charge in [-0.15, -0.1) is 24.0 Å². The lowest BCUT2D eigenvalue weighted by Gasteiger charge is -2.36. The topological polar surface area (TPSA) is 74.4 Å². The van der Waals surface area contributed by atoms with E-state index in [1.54, 1.807) is 4.90 Å². The molecule has 1 saturated heterocycles. The van der Waals surface area contributed by atoms with Crippen molar-refractivity contribution in [1.29, 1.82) is 0 Å². The van der Waals surface area contributed by atoms with Crippen molar-refractivity contribution in [2.45, 2.75) is 32.5 Å². The van der Waals surface area contributed by atoms with E-state index in [9.17, 15) is 18.0 Å². The van der Waals surface area contributed by atoms with E-state index in [1.807, 2.05) is 25.7 Å². The number of carbonyl (C=O) groups is 1. The third kappa shape index (κ3) is 10.2. The summed E-state index contributed by atoms with van der Waals surface area (Å²) in [7, 11) is 1.39. The van der Waals surface area contributed by atoms with Crippen LogP contribution in [-0.4, -0.2) is 91.4 Å². The molecule has 1 amide bonds. The van der Waals surface area contributed by atoms with Crippen LogP contribution in [0.2, 0.25) is 0 Å². The zero-order valence-corrected chi connectivity index (χ0v) is 18.0. The Labute approximate surface area is 169 Å². The van der Waals surface area contributed by atoms with Crippen molar-refractivity contribution in [2.24, 2.45) is 10.7 Å². The molecule has 0 bridgehead atoms. The largest absolute Gasteiger partial charge is 0.444 e. The van der Waals surface area contributed by atoms with Gasteiger partial charge in [0.05, 0.1) is 13.1 Å². The number of rotatable bonds is 4. The van der Waals surface area contributed by atoms with Crippen LogP contribution in [0.25, 0.3) is 0 Å². The van der Waals surface area contributed by atoms with Gasteiger partial charge in [-0.3, -0.25) is 9.89 Å². The molecule has 154 valence electrons. The number of alkyl halides is 3. The molecule has 0 unspecified atom stereocenters. The highest BCUT2D eigenvalue weighted by Crippen LogP contribution is 2.15. The third-order valence-electron chi connectivity index (χ3n) is 3.46. The first-order valence-electron chi connectivity index (χ1n) is 8.15. The number of aliphatic imine (C=N–C) groups is 1. The minimum Gasteiger partial charge on any atom is -0.444 e. The van der Waals surface area contributed by atoms with Crippen LogP contribution in [0.15, 0.2) is 4.99 Å². The van der Waals surface area contributed by atoms with E-state index < -0.39 is 18.3 Å². The fourth-order valence-corrected chi connectivity index (χ4v) is 2.26. The van der Waals surface area contributed by atoms with E-state index >= 15 is 0 Å². The van der Waals surface area contributed by atoms with Crippen LogP contribution < -0.4 is 5.73 Å². The number of nitrogens with zero attached hydrogens (tertiary/aromatic N) is 4. The Morgan fingerprint density at radius 3 is 2.12 bits per heavy atom. The molecule has 0 aliphatic carbocycles. The van der Waals surface area contributed by atoms with Crippen LogP contribution in [0.1, 0.15) is 20.8 Å². The average molecular weight is 495 g/mol. The number of halogens is 4. The standard InChI is InChI=1S/C15H28F3N5O2.HI/c1-14(2,3)25-13(24)23-9-7-22(8-10-23)12(19)20-5-6-21(4)11-15(16,17)18;/h5-11H2,1-4H3,(H2,19,20);1H. The molecule has 1 rings (SSSR count). The van der Waals surface area contributed by atoms with Gasteiger partial charge in [-0.1, -0.05) is 0 Å². The SMILES string of the molecule is CN(CCN=C(N)N1CCN(C(=O)OC(C)(C)C)CC1)CC(F)(F)F.I. The fourth-order valence-electron chi connectivity index (χ4n) is 2.26. The summed E-state index contributed by atoms with van der Waals surface area (Å²) in [5.41, 5.74) is 5.34. The number of nitrogens with two attached hydrogens (primary N) is 1. The first kappa shape index (κ1) is 25.0. The van der Waals surface area contributed by atoms with Gasteiger partial charge in [-0.05, 0) is 27.8 Å². The molecule has 26 heavy (non-hydrogen) atoms. The maximum Gasteiger partial charge on any atom is 0.410 e. The predicted octanol–water partition coefficient (Wildman–Crippen LogP) is 1.97. The van der Waals surface area contributed by atoms with E-state index in [1.165, 1.54) is 7.05 Å². The van der Waals surface area contributed by atoms with Gasteiger partial charge < -0.3 is 20.3 Å². The number of hydrogen-bond donors (Lipinski definition) is 1. The minimum atomic E-state index is -4.22. The molecule has 1 aliphatic heterocycles. The second-order valence-corrected chi connectivity index (χ2v) is 7.05. The van der Waals surface area contributed by atoms with E-state index in [2.05, 4.69) is 4.99 Å². The Balaban J connectivity index is 0.00000625. The highest BCUT2D eigenvalue weighted by atomic mass is 127. The Morgan fingerprint density at radius 2 is 1.65 bits per heavy atom. The van der Waals surface area contributed by atoms with Gasteiger partial charge >= 0.3 is 12.3 Å². The summed E-state index contributed by atoms with van der Waals surface area (Å²) in [4.78, 5) is 20.7. The molecule has 0 aromatic heterocycles. The van der Waals surface area contributed by atoms with Gasteiger partial charge in [0.2, 0.25) is 0 Å². The van der Waals surface area contributed by atoms with Crippen LogP contribution in [0.3, 0.4) is 0 Å². The second-order valence-electron chi connectivity index (χ2n) is 7.05. The lowest BCUT2D eigenvalue weighted by atomic mass is 10.2. The molecule has 0 radical (unpaired) electrons. The molecule has 1 fully saturated rings. The van der Waals surface area contributed by atoms with E-state index in [4.69, 9.17) is 10.5 Å². The van der Waals surface area contributed by atoms with Crippen LogP contribution in [-0.2, 0) is 4.74 Å². The van der Waals surface area contributed by atoms with Crippen molar-refractivity contribution >= 4 is 36.0 Å². The molecule has 11 heteroatoms. The van der Waals surface area contributed by atoms with E-state index in [0.717, 1.165) is 4.90 Å². The van der Waals surface area contributed by atoms with Gasteiger partial charge in [0, 0.05) is 32.7 Å². The molecule has 0 aromatic rings. The molecule has 7 nitrogen and oxygen atoms in total. The van der Waals surface area contributed by atoms with Crippen LogP contribution >= 0.6 is 24.0 Å². The number of likely N-dealkylation sites (N-methyl/N-ethyl adjacent to an activating group) is 1. The fraction of sp³-hybridized carbons (Fsp3) is 0.867. The zero-order valence-electron chi connectivity index (χ0n) is 15.7. The normalized spacial score (nSPS) is 16.5. The molecule has 0 spiro atoms. The van der Waals surface area contributed by atoms with Crippen molar-refractivity contribution in [2.75, 3.05) is 52.9 Å². The van der Waals surface area contributed by atoms with E-state index in [-0.39, 0.29) is 49.1 Å². The Hall–Kier alpha value is -0.980. The maximum absolute atomic E-state index is 12.2. The number of hydrogen-bond acceptors (Lipinski definition) is 4. The molecular weight excluding hydrogens is 466 g/mol. The van der Waals surface area contributed by atoms with Gasteiger partial charge in [-0.25, -0.2) is 4.79 Å². The van der Waals surface area contributed by atoms with Crippen LogP contribution in [0, 0.1) is 0 Å². The second kappa shape index (κ2) is 10.4. The average Bonchev–Trinajstić information content (AvgIpc) is 2.43. The molecule has 1 heterocycles. The van der Waals surface area contributed by atoms with Crippen molar-refractivity contribution in [1.82, 2.24) is 14.7 Å². The Bertz CT molecular complexity index is 475. The highest BCUT2D eigenvalue weighted by Gasteiger charge is 2.29. The van der Waals surface area contributed by atoms with Gasteiger partial charge in [-0.2, -0.15) is 13.2 Å². The first-order chi connectivity index (χ1) is 11.4. The Morgan fingerprint density at radius 1 is 1.15 bits per heavy atom. The molecule has 0 aromatic carbocycles. The maximum atomic E-state index is 12.2. The Kier molecular flexibility index (Phi) is 9.99. The summed E-state index contributed by atoms with van der Waals surface area (Å²) in [6.45, 7) is 6.72. The first-order valence-corrected chi connectivity index (χ1v) is 8.15. The summed E-state index contributed by atoms with van der Waals surface area (Å²) in [6, 6.07) is 0. The summed E-state index contributed by atoms with van der Waals surface area (Å²) >= 11 is 0. The molecular formula is C15H29F3IN5O2. The summed E-state index contributed by atoms with van der Waals surface area (Å²) < 4.78 is 42.0. The monoisotopic (exact) mass is 495 g/mol. The quantitative estimate of drug-likeness (QED) is 0.367. The predicted molar refractivity (Wildman–Crippen MR) is 105 cm³/mol. The van der Waals surface area contributed by atoms with Crippen molar-refractivity contribution in [3.8, 4) is 0 Å². The van der Waals surface area contributed by atoms with Crippen molar-refractivity contribution < 1.29 is 22.7 Å². The number of ether oxygens (including phenoxy) is 1. The van der Waals surface area contributed by atoms with Crippen molar-refractivity contribution in [3.05, 3.63) is 0 Å². The van der Waals surface area contributed by atoms with Gasteiger partial charge in [0.25, 0.3) is 0 Å². The lowest BCUT2D eigenvalue weighted by Crippen LogP contribution is -2.53. The number of piperazine rings is 1. The molecule has 0 saturated carbocycles. The highest BCUT2D eigenvalue weighted by molar-refractivity contribution is 14.0. The van der Waals surface area contributed by atoms with Gasteiger partial charge in [0.15, 0.2) is 5.96 Å². The zero-order chi connectivity index (χ0) is 19.3. The lowest BCUT2D eigenvalue weighted by molar-refractivity contribution is -0.142. The summed E-state index contributed by atoms with van der Waals surface area (Å²) in [5, 5.41) is 0. The summed E-state index contributed by atoms with van der Waals surface area (Å²) in [6.07, 6.45) is -4.58.